The smallest absolute Gasteiger partial charge is 0.308 e. The quantitative estimate of drug-likeness (QED) is 0.635. The van der Waals surface area contributed by atoms with Gasteiger partial charge in [0.1, 0.15) is 11.5 Å². The lowest BCUT2D eigenvalue weighted by atomic mass is 10.0. The van der Waals surface area contributed by atoms with Crippen molar-refractivity contribution in [3.63, 3.8) is 0 Å². The zero-order valence-electron chi connectivity index (χ0n) is 9.38. The summed E-state index contributed by atoms with van der Waals surface area (Å²) in [7, 11) is 0. The number of phenols is 1. The Balaban J connectivity index is 2.51. The summed E-state index contributed by atoms with van der Waals surface area (Å²) in [6.07, 6.45) is 0. The summed E-state index contributed by atoms with van der Waals surface area (Å²) in [5.41, 5.74) is 1.58. The summed E-state index contributed by atoms with van der Waals surface area (Å²) < 4.78 is 5.10. The molecule has 0 bridgehead atoms. The minimum atomic E-state index is -0.382. The number of ether oxygens (including phenoxy) is 1. The second-order valence-corrected chi connectivity index (χ2v) is 3.64. The summed E-state index contributed by atoms with van der Waals surface area (Å²) in [6, 6.07) is 14.1. The zero-order chi connectivity index (χ0) is 12.3. The predicted molar refractivity (Wildman–Crippen MR) is 64.9 cm³/mol. The molecule has 3 nitrogen and oxygen atoms in total. The van der Waals surface area contributed by atoms with Gasteiger partial charge in [-0.25, -0.2) is 0 Å². The van der Waals surface area contributed by atoms with Gasteiger partial charge in [-0.15, -0.1) is 0 Å². The van der Waals surface area contributed by atoms with Crippen molar-refractivity contribution in [3.05, 3.63) is 48.5 Å². The number of rotatable bonds is 2. The van der Waals surface area contributed by atoms with Crippen LogP contribution in [0.5, 0.6) is 11.5 Å². The molecule has 0 aliphatic carbocycles. The third-order valence-electron chi connectivity index (χ3n) is 2.30. The molecule has 3 heteroatoms. The van der Waals surface area contributed by atoms with Crippen molar-refractivity contribution in [2.45, 2.75) is 6.92 Å². The van der Waals surface area contributed by atoms with Crippen LogP contribution in [0.1, 0.15) is 6.92 Å². The van der Waals surface area contributed by atoms with Crippen LogP contribution in [0.4, 0.5) is 0 Å². The Hall–Kier alpha value is -2.29. The highest BCUT2D eigenvalue weighted by Gasteiger charge is 2.09. The molecular formula is C14H12O3. The van der Waals surface area contributed by atoms with E-state index in [1.165, 1.54) is 13.0 Å². The Kier molecular flexibility index (Phi) is 3.10. The van der Waals surface area contributed by atoms with E-state index < -0.39 is 0 Å². The Morgan fingerprint density at radius 3 is 2.47 bits per heavy atom. The fourth-order valence-electron chi connectivity index (χ4n) is 1.61. The maximum Gasteiger partial charge on any atom is 0.308 e. The van der Waals surface area contributed by atoms with Gasteiger partial charge in [0, 0.05) is 12.5 Å². The monoisotopic (exact) mass is 228 g/mol. The van der Waals surface area contributed by atoms with Crippen molar-refractivity contribution in [1.82, 2.24) is 0 Å². The third-order valence-corrected chi connectivity index (χ3v) is 2.30. The number of aromatic hydroxyl groups is 1. The second-order valence-electron chi connectivity index (χ2n) is 3.64. The van der Waals surface area contributed by atoms with Crippen molar-refractivity contribution in [3.8, 4) is 22.6 Å². The number of carbonyl (C=O) groups excluding carboxylic acids is 1. The molecule has 2 aromatic carbocycles. The van der Waals surface area contributed by atoms with Gasteiger partial charge < -0.3 is 9.84 Å². The van der Waals surface area contributed by atoms with Crippen LogP contribution in [0, 0.1) is 0 Å². The summed E-state index contributed by atoms with van der Waals surface area (Å²) in [6.45, 7) is 1.35. The second kappa shape index (κ2) is 4.70. The zero-order valence-corrected chi connectivity index (χ0v) is 9.38. The first kappa shape index (κ1) is 11.2. The molecule has 0 saturated carbocycles. The fourth-order valence-corrected chi connectivity index (χ4v) is 1.61. The number of phenolic OH excluding ortho intramolecular Hbond substituents is 1. The van der Waals surface area contributed by atoms with Crippen LogP contribution < -0.4 is 4.74 Å². The minimum Gasteiger partial charge on any atom is -0.508 e. The van der Waals surface area contributed by atoms with Crippen molar-refractivity contribution < 1.29 is 14.6 Å². The number of hydrogen-bond donors (Lipinski definition) is 1. The molecule has 0 aliphatic heterocycles. The van der Waals surface area contributed by atoms with Gasteiger partial charge in [-0.2, -0.15) is 0 Å². The van der Waals surface area contributed by atoms with Gasteiger partial charge in [-0.1, -0.05) is 30.3 Å². The first-order valence-electron chi connectivity index (χ1n) is 5.23. The van der Waals surface area contributed by atoms with Gasteiger partial charge in [-0.3, -0.25) is 4.79 Å². The summed E-state index contributed by atoms with van der Waals surface area (Å²) in [5.74, 6) is 0.203. The van der Waals surface area contributed by atoms with E-state index >= 15 is 0 Å². The SMILES string of the molecule is CC(=O)Oc1ccc(O)cc1-c1ccccc1. The number of carbonyl (C=O) groups is 1. The average Bonchev–Trinajstić information content (AvgIpc) is 2.32. The van der Waals surface area contributed by atoms with Crippen molar-refractivity contribution in [2.75, 3.05) is 0 Å². The normalized spacial score (nSPS) is 9.94. The van der Waals surface area contributed by atoms with E-state index in [9.17, 15) is 9.90 Å². The third kappa shape index (κ3) is 2.64. The van der Waals surface area contributed by atoms with Crippen LogP contribution >= 0.6 is 0 Å². The van der Waals surface area contributed by atoms with E-state index in [-0.39, 0.29) is 11.7 Å². The van der Waals surface area contributed by atoms with Crippen LogP contribution in [0.2, 0.25) is 0 Å². The largest absolute Gasteiger partial charge is 0.508 e. The van der Waals surface area contributed by atoms with Crippen LogP contribution in [-0.4, -0.2) is 11.1 Å². The fraction of sp³-hybridized carbons (Fsp3) is 0.0714. The summed E-state index contributed by atoms with van der Waals surface area (Å²) in [4.78, 5) is 11.0. The van der Waals surface area contributed by atoms with Crippen molar-refractivity contribution in [2.24, 2.45) is 0 Å². The molecule has 0 saturated heterocycles. The van der Waals surface area contributed by atoms with Crippen molar-refractivity contribution in [1.29, 1.82) is 0 Å². The number of esters is 1. The molecule has 17 heavy (non-hydrogen) atoms. The molecule has 86 valence electrons. The highest BCUT2D eigenvalue weighted by molar-refractivity contribution is 5.77. The molecular weight excluding hydrogens is 216 g/mol. The summed E-state index contributed by atoms with van der Waals surface area (Å²) >= 11 is 0. The number of hydrogen-bond acceptors (Lipinski definition) is 3. The van der Waals surface area contributed by atoms with Crippen LogP contribution in [0.3, 0.4) is 0 Å². The van der Waals surface area contributed by atoms with E-state index in [1.807, 2.05) is 30.3 Å². The molecule has 2 rings (SSSR count). The minimum absolute atomic E-state index is 0.139. The topological polar surface area (TPSA) is 46.5 Å². The molecule has 2 aromatic rings. The standard InChI is InChI=1S/C14H12O3/c1-10(15)17-14-8-7-12(16)9-13(14)11-5-3-2-4-6-11/h2-9,16H,1H3. The van der Waals surface area contributed by atoms with Gasteiger partial charge in [0.2, 0.25) is 0 Å². The highest BCUT2D eigenvalue weighted by Crippen LogP contribution is 2.33. The highest BCUT2D eigenvalue weighted by atomic mass is 16.5. The Morgan fingerprint density at radius 1 is 1.12 bits per heavy atom. The molecule has 0 amide bonds. The van der Waals surface area contributed by atoms with Crippen LogP contribution in [0.15, 0.2) is 48.5 Å². The van der Waals surface area contributed by atoms with Gasteiger partial charge >= 0.3 is 5.97 Å². The van der Waals surface area contributed by atoms with Crippen molar-refractivity contribution >= 4 is 5.97 Å². The molecule has 0 fully saturated rings. The summed E-state index contributed by atoms with van der Waals surface area (Å²) in [5, 5.41) is 9.49. The first-order valence-corrected chi connectivity index (χ1v) is 5.23. The maximum atomic E-state index is 11.0. The molecule has 0 spiro atoms. The molecule has 0 atom stereocenters. The lowest BCUT2D eigenvalue weighted by Crippen LogP contribution is -2.02. The van der Waals surface area contributed by atoms with Gasteiger partial charge in [0.05, 0.1) is 0 Å². The Morgan fingerprint density at radius 2 is 1.82 bits per heavy atom. The molecule has 0 aromatic heterocycles. The van der Waals surface area contributed by atoms with E-state index in [4.69, 9.17) is 4.74 Å². The van der Waals surface area contributed by atoms with E-state index in [0.717, 1.165) is 5.56 Å². The Bertz CT molecular complexity index is 532. The predicted octanol–water partition coefficient (Wildman–Crippen LogP) is 2.98. The van der Waals surface area contributed by atoms with E-state index in [0.29, 0.717) is 11.3 Å². The lowest BCUT2D eigenvalue weighted by molar-refractivity contribution is -0.131. The first-order chi connectivity index (χ1) is 8.16. The van der Waals surface area contributed by atoms with Gasteiger partial charge in [0.25, 0.3) is 0 Å². The molecule has 1 N–H and O–H groups in total. The number of benzene rings is 2. The average molecular weight is 228 g/mol. The van der Waals surface area contributed by atoms with E-state index in [1.54, 1.807) is 12.1 Å². The molecule has 0 unspecified atom stereocenters. The molecule has 0 aliphatic rings. The van der Waals surface area contributed by atoms with Gasteiger partial charge in [-0.05, 0) is 23.8 Å². The maximum absolute atomic E-state index is 11.0. The van der Waals surface area contributed by atoms with Crippen LogP contribution in [-0.2, 0) is 4.79 Å². The Labute approximate surface area is 99.3 Å². The lowest BCUT2D eigenvalue weighted by Gasteiger charge is -2.09. The molecule has 0 radical (unpaired) electrons. The van der Waals surface area contributed by atoms with Gasteiger partial charge in [0.15, 0.2) is 0 Å². The molecule has 0 heterocycles. The van der Waals surface area contributed by atoms with Crippen LogP contribution in [0.25, 0.3) is 11.1 Å². The van der Waals surface area contributed by atoms with E-state index in [2.05, 4.69) is 0 Å².